The Bertz CT molecular complexity index is 356. The van der Waals surface area contributed by atoms with E-state index in [1.54, 1.807) is 12.1 Å². The first-order valence-corrected chi connectivity index (χ1v) is 5.87. The molecule has 0 amide bonds. The van der Waals surface area contributed by atoms with Crippen LogP contribution in [0, 0.1) is 5.82 Å². The molecule has 0 aliphatic heterocycles. The summed E-state index contributed by atoms with van der Waals surface area (Å²) in [5.74, 6) is -0.185. The lowest BCUT2D eigenvalue weighted by molar-refractivity contribution is 0.143. The lowest BCUT2D eigenvalue weighted by Crippen LogP contribution is -2.37. The van der Waals surface area contributed by atoms with Gasteiger partial charge in [0, 0.05) is 17.6 Å². The van der Waals surface area contributed by atoms with Crippen molar-refractivity contribution in [1.29, 1.82) is 0 Å². The lowest BCUT2D eigenvalue weighted by Gasteiger charge is -2.22. The van der Waals surface area contributed by atoms with Crippen LogP contribution < -0.4 is 5.32 Å². The molecule has 0 bridgehead atoms. The van der Waals surface area contributed by atoms with Crippen molar-refractivity contribution >= 4 is 0 Å². The minimum Gasteiger partial charge on any atom is -0.392 e. The van der Waals surface area contributed by atoms with Gasteiger partial charge >= 0.3 is 0 Å². The van der Waals surface area contributed by atoms with Crippen molar-refractivity contribution in [2.24, 2.45) is 0 Å². The zero-order valence-electron chi connectivity index (χ0n) is 9.49. The van der Waals surface area contributed by atoms with E-state index in [0.717, 1.165) is 19.3 Å². The van der Waals surface area contributed by atoms with Gasteiger partial charge in [-0.3, -0.25) is 0 Å². The molecule has 0 radical (unpaired) electrons. The van der Waals surface area contributed by atoms with Crippen LogP contribution >= 0.6 is 0 Å². The van der Waals surface area contributed by atoms with Gasteiger partial charge in [0.2, 0.25) is 0 Å². The molecule has 0 unspecified atom stereocenters. The molecule has 1 aromatic carbocycles. The van der Waals surface area contributed by atoms with Crippen LogP contribution in [-0.4, -0.2) is 17.3 Å². The van der Waals surface area contributed by atoms with Crippen LogP contribution in [0.5, 0.6) is 0 Å². The molecule has 3 atom stereocenters. The topological polar surface area (TPSA) is 32.3 Å². The lowest BCUT2D eigenvalue weighted by atomic mass is 10.1. The molecule has 2 rings (SSSR count). The van der Waals surface area contributed by atoms with Crippen molar-refractivity contribution in [2.75, 3.05) is 0 Å². The van der Waals surface area contributed by atoms with Crippen molar-refractivity contribution in [1.82, 2.24) is 5.32 Å². The number of benzene rings is 1. The van der Waals surface area contributed by atoms with Gasteiger partial charge in [-0.25, -0.2) is 4.39 Å². The minimum absolute atomic E-state index is 0.0565. The summed E-state index contributed by atoms with van der Waals surface area (Å²) < 4.78 is 13.5. The summed E-state index contributed by atoms with van der Waals surface area (Å²) in [6, 6.07) is 6.83. The highest BCUT2D eigenvalue weighted by molar-refractivity contribution is 5.20. The monoisotopic (exact) mass is 223 g/mol. The SMILES string of the molecule is C[C@@H](N[C@H]1CCC[C@@H]1O)c1ccccc1F. The first-order chi connectivity index (χ1) is 7.68. The van der Waals surface area contributed by atoms with Gasteiger partial charge in [-0.05, 0) is 32.3 Å². The molecule has 0 aromatic heterocycles. The van der Waals surface area contributed by atoms with Gasteiger partial charge in [0.15, 0.2) is 0 Å². The molecule has 1 fully saturated rings. The van der Waals surface area contributed by atoms with Gasteiger partial charge in [-0.15, -0.1) is 0 Å². The third kappa shape index (κ3) is 2.42. The van der Waals surface area contributed by atoms with Crippen LogP contribution in [0.2, 0.25) is 0 Å². The van der Waals surface area contributed by atoms with Crippen LogP contribution in [0.3, 0.4) is 0 Å². The molecule has 1 aromatic rings. The van der Waals surface area contributed by atoms with E-state index in [1.165, 1.54) is 6.07 Å². The average molecular weight is 223 g/mol. The molecule has 2 N–H and O–H groups in total. The van der Waals surface area contributed by atoms with Crippen LogP contribution in [-0.2, 0) is 0 Å². The Kier molecular flexibility index (Phi) is 3.56. The highest BCUT2D eigenvalue weighted by atomic mass is 19.1. The molecular formula is C13H18FNO. The van der Waals surface area contributed by atoms with E-state index in [4.69, 9.17) is 0 Å². The standard InChI is InChI=1S/C13H18FNO/c1-9(10-5-2-3-6-11(10)14)15-12-7-4-8-13(12)16/h2-3,5-6,9,12-13,15-16H,4,7-8H2,1H3/t9-,12+,13+/m1/s1. The molecule has 1 aliphatic carbocycles. The van der Waals surface area contributed by atoms with Gasteiger partial charge in [-0.2, -0.15) is 0 Å². The number of halogens is 1. The van der Waals surface area contributed by atoms with Crippen molar-refractivity contribution in [3.05, 3.63) is 35.6 Å². The summed E-state index contributed by atoms with van der Waals surface area (Å²) in [4.78, 5) is 0. The fourth-order valence-corrected chi connectivity index (χ4v) is 2.37. The van der Waals surface area contributed by atoms with E-state index in [1.807, 2.05) is 13.0 Å². The maximum absolute atomic E-state index is 13.5. The van der Waals surface area contributed by atoms with E-state index in [9.17, 15) is 9.50 Å². The van der Waals surface area contributed by atoms with Crippen molar-refractivity contribution in [2.45, 2.75) is 44.4 Å². The highest BCUT2D eigenvalue weighted by Crippen LogP contribution is 2.23. The number of aliphatic hydroxyl groups is 1. The summed E-state index contributed by atoms with van der Waals surface area (Å²) in [5, 5.41) is 13.0. The van der Waals surface area contributed by atoms with Crippen LogP contribution in [0.15, 0.2) is 24.3 Å². The Labute approximate surface area is 95.5 Å². The first kappa shape index (κ1) is 11.6. The third-order valence-electron chi connectivity index (χ3n) is 3.32. The Morgan fingerprint density at radius 2 is 2.12 bits per heavy atom. The molecule has 2 nitrogen and oxygen atoms in total. The van der Waals surface area contributed by atoms with Crippen molar-refractivity contribution < 1.29 is 9.50 Å². The third-order valence-corrected chi connectivity index (χ3v) is 3.32. The summed E-state index contributed by atoms with van der Waals surface area (Å²) >= 11 is 0. The second-order valence-electron chi connectivity index (χ2n) is 4.51. The van der Waals surface area contributed by atoms with Gasteiger partial charge in [0.05, 0.1) is 6.10 Å². The molecule has 88 valence electrons. The Balaban J connectivity index is 2.03. The predicted molar refractivity (Wildman–Crippen MR) is 61.6 cm³/mol. The van der Waals surface area contributed by atoms with E-state index in [-0.39, 0.29) is 24.0 Å². The quantitative estimate of drug-likeness (QED) is 0.824. The highest BCUT2D eigenvalue weighted by Gasteiger charge is 2.26. The molecule has 16 heavy (non-hydrogen) atoms. The number of nitrogens with one attached hydrogen (secondary N) is 1. The fraction of sp³-hybridized carbons (Fsp3) is 0.538. The van der Waals surface area contributed by atoms with E-state index >= 15 is 0 Å². The Morgan fingerprint density at radius 1 is 1.38 bits per heavy atom. The fourth-order valence-electron chi connectivity index (χ4n) is 2.37. The molecule has 0 spiro atoms. The average Bonchev–Trinajstić information content (AvgIpc) is 2.65. The van der Waals surface area contributed by atoms with Gasteiger partial charge < -0.3 is 10.4 Å². The smallest absolute Gasteiger partial charge is 0.127 e. The first-order valence-electron chi connectivity index (χ1n) is 5.87. The normalized spacial score (nSPS) is 26.9. The molecule has 0 heterocycles. The van der Waals surface area contributed by atoms with E-state index in [0.29, 0.717) is 5.56 Å². The van der Waals surface area contributed by atoms with Crippen LogP contribution in [0.25, 0.3) is 0 Å². The van der Waals surface area contributed by atoms with Crippen molar-refractivity contribution in [3.8, 4) is 0 Å². The molecule has 1 aliphatic rings. The van der Waals surface area contributed by atoms with E-state index < -0.39 is 0 Å². The van der Waals surface area contributed by atoms with Crippen LogP contribution in [0.1, 0.15) is 37.8 Å². The van der Waals surface area contributed by atoms with Gasteiger partial charge in [-0.1, -0.05) is 18.2 Å². The van der Waals surface area contributed by atoms with Crippen LogP contribution in [0.4, 0.5) is 4.39 Å². The number of hydrogen-bond acceptors (Lipinski definition) is 2. The Hall–Kier alpha value is -0.930. The summed E-state index contributed by atoms with van der Waals surface area (Å²) in [5.41, 5.74) is 0.668. The second-order valence-corrected chi connectivity index (χ2v) is 4.51. The van der Waals surface area contributed by atoms with E-state index in [2.05, 4.69) is 5.32 Å². The number of hydrogen-bond donors (Lipinski definition) is 2. The second kappa shape index (κ2) is 4.93. The van der Waals surface area contributed by atoms with Gasteiger partial charge in [0.25, 0.3) is 0 Å². The Morgan fingerprint density at radius 3 is 2.75 bits per heavy atom. The van der Waals surface area contributed by atoms with Gasteiger partial charge in [0.1, 0.15) is 5.82 Å². The number of rotatable bonds is 3. The molecule has 0 saturated heterocycles. The molecule has 3 heteroatoms. The largest absolute Gasteiger partial charge is 0.392 e. The summed E-state index contributed by atoms with van der Waals surface area (Å²) in [6.07, 6.45) is 2.58. The minimum atomic E-state index is -0.283. The number of aliphatic hydroxyl groups excluding tert-OH is 1. The predicted octanol–water partition coefficient (Wildman–Crippen LogP) is 2.39. The molecular weight excluding hydrogens is 205 g/mol. The summed E-state index contributed by atoms with van der Waals surface area (Å²) in [6.45, 7) is 1.93. The zero-order chi connectivity index (χ0) is 11.5. The zero-order valence-corrected chi connectivity index (χ0v) is 9.49. The summed E-state index contributed by atoms with van der Waals surface area (Å²) in [7, 11) is 0. The maximum Gasteiger partial charge on any atom is 0.127 e. The van der Waals surface area contributed by atoms with Crippen molar-refractivity contribution in [3.63, 3.8) is 0 Å². The molecule has 1 saturated carbocycles. The maximum atomic E-state index is 13.5.